The van der Waals surface area contributed by atoms with Gasteiger partial charge in [-0.2, -0.15) is 13.2 Å². The van der Waals surface area contributed by atoms with Crippen LogP contribution in [-0.4, -0.2) is 35.9 Å². The molecule has 1 aliphatic heterocycles. The Morgan fingerprint density at radius 2 is 1.90 bits per heavy atom. The van der Waals surface area contributed by atoms with Gasteiger partial charge in [0.2, 0.25) is 5.91 Å². The third-order valence-corrected chi connectivity index (χ3v) is 4.93. The van der Waals surface area contributed by atoms with E-state index >= 15 is 0 Å². The lowest BCUT2D eigenvalue weighted by Crippen LogP contribution is -2.43. The third-order valence-electron chi connectivity index (χ3n) is 4.93. The highest BCUT2D eigenvalue weighted by Gasteiger charge is 2.32. The SMILES string of the molecule is C[C@@H](Oc1ccccc1)C(=O)N[C@H](CN1CCCC1=O)c1cccc(C(F)(F)F)c1. The number of nitrogens with one attached hydrogen (secondary N) is 1. The van der Waals surface area contributed by atoms with E-state index in [0.29, 0.717) is 25.1 Å². The number of rotatable bonds is 7. The first-order valence-electron chi connectivity index (χ1n) is 9.71. The number of amides is 2. The summed E-state index contributed by atoms with van der Waals surface area (Å²) in [6, 6.07) is 12.8. The van der Waals surface area contributed by atoms with Gasteiger partial charge in [-0.1, -0.05) is 30.3 Å². The number of ether oxygens (including phenoxy) is 1. The van der Waals surface area contributed by atoms with Crippen molar-refractivity contribution in [2.75, 3.05) is 13.1 Å². The fourth-order valence-electron chi connectivity index (χ4n) is 3.33. The molecule has 0 unspecified atom stereocenters. The molecule has 2 amide bonds. The average Bonchev–Trinajstić information content (AvgIpc) is 3.12. The number of benzene rings is 2. The number of nitrogens with zero attached hydrogens (tertiary/aromatic N) is 1. The molecule has 0 aromatic heterocycles. The van der Waals surface area contributed by atoms with Gasteiger partial charge in [0.1, 0.15) is 5.75 Å². The quantitative estimate of drug-likeness (QED) is 0.738. The monoisotopic (exact) mass is 420 g/mol. The average molecular weight is 420 g/mol. The molecular formula is C22H23F3N2O3. The summed E-state index contributed by atoms with van der Waals surface area (Å²) >= 11 is 0. The maximum Gasteiger partial charge on any atom is 0.416 e. The number of halogens is 3. The summed E-state index contributed by atoms with van der Waals surface area (Å²) in [6.07, 6.45) is -4.28. The molecule has 0 saturated carbocycles. The molecule has 0 aliphatic carbocycles. The molecule has 1 heterocycles. The van der Waals surface area contributed by atoms with Gasteiger partial charge in [0.25, 0.3) is 5.91 Å². The highest BCUT2D eigenvalue weighted by atomic mass is 19.4. The zero-order valence-electron chi connectivity index (χ0n) is 16.5. The van der Waals surface area contributed by atoms with Crippen molar-refractivity contribution in [2.24, 2.45) is 0 Å². The number of carbonyl (C=O) groups is 2. The molecule has 1 N–H and O–H groups in total. The lowest BCUT2D eigenvalue weighted by atomic mass is 10.0. The summed E-state index contributed by atoms with van der Waals surface area (Å²) in [5, 5.41) is 2.75. The van der Waals surface area contributed by atoms with Gasteiger partial charge in [-0.15, -0.1) is 0 Å². The Hall–Kier alpha value is -3.03. The molecule has 1 aliphatic rings. The van der Waals surface area contributed by atoms with Crippen LogP contribution in [0.1, 0.15) is 36.9 Å². The molecular weight excluding hydrogens is 397 g/mol. The van der Waals surface area contributed by atoms with Gasteiger partial charge in [-0.25, -0.2) is 0 Å². The van der Waals surface area contributed by atoms with Crippen molar-refractivity contribution in [1.82, 2.24) is 10.2 Å². The first kappa shape index (κ1) is 21.7. The molecule has 0 bridgehead atoms. The van der Waals surface area contributed by atoms with Crippen LogP contribution in [-0.2, 0) is 15.8 Å². The first-order chi connectivity index (χ1) is 14.2. The predicted molar refractivity (Wildman–Crippen MR) is 105 cm³/mol. The van der Waals surface area contributed by atoms with Crippen LogP contribution in [0, 0.1) is 0 Å². The topological polar surface area (TPSA) is 58.6 Å². The second-order valence-electron chi connectivity index (χ2n) is 7.20. The van der Waals surface area contributed by atoms with Crippen molar-refractivity contribution >= 4 is 11.8 Å². The van der Waals surface area contributed by atoms with Crippen LogP contribution in [0.25, 0.3) is 0 Å². The predicted octanol–water partition coefficient (Wildman–Crippen LogP) is 3.95. The van der Waals surface area contributed by atoms with Crippen molar-refractivity contribution in [2.45, 2.75) is 38.1 Å². The van der Waals surface area contributed by atoms with Crippen LogP contribution in [0.15, 0.2) is 54.6 Å². The lowest BCUT2D eigenvalue weighted by Gasteiger charge is -2.27. The molecule has 1 saturated heterocycles. The second kappa shape index (κ2) is 9.19. The van der Waals surface area contributed by atoms with Crippen LogP contribution in [0.5, 0.6) is 5.75 Å². The summed E-state index contributed by atoms with van der Waals surface area (Å²) in [5.41, 5.74) is -0.523. The zero-order chi connectivity index (χ0) is 21.7. The highest BCUT2D eigenvalue weighted by molar-refractivity contribution is 5.81. The Morgan fingerprint density at radius 3 is 2.53 bits per heavy atom. The van der Waals surface area contributed by atoms with Crippen LogP contribution < -0.4 is 10.1 Å². The van der Waals surface area contributed by atoms with Gasteiger partial charge in [-0.3, -0.25) is 9.59 Å². The van der Waals surface area contributed by atoms with E-state index in [-0.39, 0.29) is 18.0 Å². The largest absolute Gasteiger partial charge is 0.481 e. The van der Waals surface area contributed by atoms with E-state index in [4.69, 9.17) is 4.74 Å². The fraction of sp³-hybridized carbons (Fsp3) is 0.364. The number of carbonyl (C=O) groups excluding carboxylic acids is 2. The Kier molecular flexibility index (Phi) is 6.64. The van der Waals surface area contributed by atoms with Gasteiger partial charge < -0.3 is 15.0 Å². The molecule has 2 aromatic carbocycles. The summed E-state index contributed by atoms with van der Waals surface area (Å²) < 4.78 is 45.1. The molecule has 8 heteroatoms. The van der Waals surface area contributed by atoms with Crippen LogP contribution in [0.3, 0.4) is 0 Å². The minimum atomic E-state index is -4.50. The van der Waals surface area contributed by atoms with Gasteiger partial charge >= 0.3 is 6.18 Å². The minimum absolute atomic E-state index is 0.0743. The van der Waals surface area contributed by atoms with Gasteiger partial charge in [0.15, 0.2) is 6.10 Å². The van der Waals surface area contributed by atoms with Crippen molar-refractivity contribution in [1.29, 1.82) is 0 Å². The van der Waals surface area contributed by atoms with E-state index in [1.807, 2.05) is 6.07 Å². The number of hydrogen-bond donors (Lipinski definition) is 1. The number of para-hydroxylation sites is 1. The lowest BCUT2D eigenvalue weighted by molar-refractivity contribution is -0.137. The smallest absolute Gasteiger partial charge is 0.416 e. The van der Waals surface area contributed by atoms with Crippen LogP contribution in [0.2, 0.25) is 0 Å². The van der Waals surface area contributed by atoms with Crippen molar-refractivity contribution in [3.8, 4) is 5.75 Å². The Bertz CT molecular complexity index is 887. The number of alkyl halides is 3. The summed E-state index contributed by atoms with van der Waals surface area (Å²) in [7, 11) is 0. The highest BCUT2D eigenvalue weighted by Crippen LogP contribution is 2.31. The fourth-order valence-corrected chi connectivity index (χ4v) is 3.33. The van der Waals surface area contributed by atoms with Crippen LogP contribution in [0.4, 0.5) is 13.2 Å². The number of hydrogen-bond acceptors (Lipinski definition) is 3. The summed E-state index contributed by atoms with van der Waals surface area (Å²) in [6.45, 7) is 2.18. The first-order valence-corrected chi connectivity index (χ1v) is 9.71. The molecule has 1 fully saturated rings. The molecule has 0 spiro atoms. The molecule has 5 nitrogen and oxygen atoms in total. The molecule has 30 heavy (non-hydrogen) atoms. The molecule has 160 valence electrons. The maximum absolute atomic E-state index is 13.2. The third kappa shape index (κ3) is 5.52. The van der Waals surface area contributed by atoms with E-state index in [1.54, 1.807) is 36.1 Å². The number of likely N-dealkylation sites (tertiary alicyclic amines) is 1. The van der Waals surface area contributed by atoms with Crippen LogP contribution >= 0.6 is 0 Å². The Morgan fingerprint density at radius 1 is 1.17 bits per heavy atom. The molecule has 3 rings (SSSR count). The van der Waals surface area contributed by atoms with E-state index < -0.39 is 29.8 Å². The Balaban J connectivity index is 1.79. The van der Waals surface area contributed by atoms with Crippen molar-refractivity contribution in [3.63, 3.8) is 0 Å². The van der Waals surface area contributed by atoms with Crippen molar-refractivity contribution < 1.29 is 27.5 Å². The van der Waals surface area contributed by atoms with E-state index in [2.05, 4.69) is 5.32 Å². The maximum atomic E-state index is 13.2. The van der Waals surface area contributed by atoms with E-state index in [9.17, 15) is 22.8 Å². The molecule has 2 atom stereocenters. The minimum Gasteiger partial charge on any atom is -0.481 e. The van der Waals surface area contributed by atoms with Gasteiger partial charge in [0, 0.05) is 19.5 Å². The van der Waals surface area contributed by atoms with Gasteiger partial charge in [-0.05, 0) is 43.2 Å². The van der Waals surface area contributed by atoms with E-state index in [0.717, 1.165) is 12.1 Å². The Labute approximate surface area is 172 Å². The standard InChI is InChI=1S/C22H23F3N2O3/c1-15(30-18-9-3-2-4-10-18)21(29)26-19(14-27-12-6-11-20(27)28)16-7-5-8-17(13-16)22(23,24)25/h2-5,7-10,13,15,19H,6,11-12,14H2,1H3,(H,26,29)/t15-,19-/m1/s1. The summed E-state index contributed by atoms with van der Waals surface area (Å²) in [5.74, 6) is -0.0480. The molecule has 0 radical (unpaired) electrons. The second-order valence-corrected chi connectivity index (χ2v) is 7.20. The summed E-state index contributed by atoms with van der Waals surface area (Å²) in [4.78, 5) is 26.3. The van der Waals surface area contributed by atoms with E-state index in [1.165, 1.54) is 12.1 Å². The molecule has 2 aromatic rings. The van der Waals surface area contributed by atoms with Gasteiger partial charge in [0.05, 0.1) is 11.6 Å². The zero-order valence-corrected chi connectivity index (χ0v) is 16.5. The van der Waals surface area contributed by atoms with Crippen molar-refractivity contribution in [3.05, 3.63) is 65.7 Å². The normalized spacial score (nSPS) is 16.3.